The Labute approximate surface area is 162 Å². The standard InChI is InChI=1S/C23H31N3O/c1-26(12-11-17-9-10-22-19(13-17)14-24-16-25-22)15-18-5-3-7-21-20(18)6-4-8-23(21)27-2/h4,6,8-10,13,18,24-25H,3,5,7,11-12,14-16H2,1-2H3. The number of anilines is 1. The Morgan fingerprint density at radius 1 is 1.22 bits per heavy atom. The molecule has 1 unspecified atom stereocenters. The molecular formula is C23H31N3O. The molecule has 0 fully saturated rings. The summed E-state index contributed by atoms with van der Waals surface area (Å²) in [6.07, 6.45) is 4.79. The largest absolute Gasteiger partial charge is 0.496 e. The molecule has 0 aromatic heterocycles. The summed E-state index contributed by atoms with van der Waals surface area (Å²) in [5.74, 6) is 1.68. The topological polar surface area (TPSA) is 36.5 Å². The van der Waals surface area contributed by atoms with Crippen molar-refractivity contribution in [3.8, 4) is 5.75 Å². The van der Waals surface area contributed by atoms with E-state index in [9.17, 15) is 0 Å². The SMILES string of the molecule is COc1cccc2c1CCCC2CN(C)CCc1ccc2c(c1)CNCN2. The highest BCUT2D eigenvalue weighted by Gasteiger charge is 2.23. The number of nitrogens with one attached hydrogen (secondary N) is 2. The van der Waals surface area contributed by atoms with Gasteiger partial charge in [-0.1, -0.05) is 24.3 Å². The summed E-state index contributed by atoms with van der Waals surface area (Å²) in [6.45, 7) is 4.04. The van der Waals surface area contributed by atoms with Crippen LogP contribution in [0.4, 0.5) is 5.69 Å². The summed E-state index contributed by atoms with van der Waals surface area (Å²) in [7, 11) is 4.05. The molecule has 0 bridgehead atoms. The summed E-state index contributed by atoms with van der Waals surface area (Å²) in [4.78, 5) is 2.50. The van der Waals surface area contributed by atoms with Crippen LogP contribution < -0.4 is 15.4 Å². The van der Waals surface area contributed by atoms with Crippen LogP contribution in [0.2, 0.25) is 0 Å². The van der Waals surface area contributed by atoms with Crippen molar-refractivity contribution in [1.29, 1.82) is 0 Å². The fraction of sp³-hybridized carbons (Fsp3) is 0.478. The van der Waals surface area contributed by atoms with Gasteiger partial charge in [0.15, 0.2) is 0 Å². The minimum atomic E-state index is 0.616. The van der Waals surface area contributed by atoms with Crippen molar-refractivity contribution in [3.63, 3.8) is 0 Å². The number of rotatable bonds is 6. The Hall–Kier alpha value is -2.04. The lowest BCUT2D eigenvalue weighted by Crippen LogP contribution is -2.29. The van der Waals surface area contributed by atoms with Crippen LogP contribution in [0.25, 0.3) is 0 Å². The van der Waals surface area contributed by atoms with Crippen LogP contribution in [0.15, 0.2) is 36.4 Å². The third-order valence-corrected chi connectivity index (χ3v) is 6.01. The molecule has 27 heavy (non-hydrogen) atoms. The average Bonchev–Trinajstić information content (AvgIpc) is 2.72. The first-order valence-corrected chi connectivity index (χ1v) is 10.2. The summed E-state index contributed by atoms with van der Waals surface area (Å²) in [6, 6.07) is 13.4. The van der Waals surface area contributed by atoms with E-state index in [4.69, 9.17) is 4.74 Å². The maximum Gasteiger partial charge on any atom is 0.122 e. The van der Waals surface area contributed by atoms with Gasteiger partial charge < -0.3 is 15.0 Å². The van der Waals surface area contributed by atoms with Gasteiger partial charge in [-0.2, -0.15) is 0 Å². The van der Waals surface area contributed by atoms with Gasteiger partial charge in [0.25, 0.3) is 0 Å². The van der Waals surface area contributed by atoms with Crippen LogP contribution in [0, 0.1) is 0 Å². The molecule has 2 aromatic carbocycles. The number of ether oxygens (including phenoxy) is 1. The molecule has 4 rings (SSSR count). The van der Waals surface area contributed by atoms with Crippen molar-refractivity contribution < 1.29 is 4.74 Å². The van der Waals surface area contributed by atoms with Crippen molar-refractivity contribution in [2.75, 3.05) is 39.2 Å². The van der Waals surface area contributed by atoms with Crippen molar-refractivity contribution in [2.45, 2.75) is 38.1 Å². The predicted octanol–water partition coefficient (Wildman–Crippen LogP) is 3.76. The molecule has 2 aliphatic rings. The van der Waals surface area contributed by atoms with Gasteiger partial charge in [0.2, 0.25) is 0 Å². The average molecular weight is 366 g/mol. The zero-order chi connectivity index (χ0) is 18.6. The third kappa shape index (κ3) is 4.12. The van der Waals surface area contributed by atoms with Crippen LogP contribution in [-0.4, -0.2) is 38.8 Å². The molecule has 1 aliphatic carbocycles. The Balaban J connectivity index is 1.37. The van der Waals surface area contributed by atoms with E-state index in [1.165, 1.54) is 40.8 Å². The summed E-state index contributed by atoms with van der Waals surface area (Å²) < 4.78 is 5.59. The highest BCUT2D eigenvalue weighted by Crippen LogP contribution is 2.36. The maximum atomic E-state index is 5.59. The Morgan fingerprint density at radius 2 is 2.15 bits per heavy atom. The lowest BCUT2D eigenvalue weighted by molar-refractivity contribution is 0.299. The zero-order valence-corrected chi connectivity index (χ0v) is 16.6. The van der Waals surface area contributed by atoms with E-state index in [1.807, 2.05) is 0 Å². The van der Waals surface area contributed by atoms with Gasteiger partial charge in [-0.15, -0.1) is 0 Å². The molecule has 2 aromatic rings. The van der Waals surface area contributed by atoms with Gasteiger partial charge >= 0.3 is 0 Å². The molecule has 2 N–H and O–H groups in total. The van der Waals surface area contributed by atoms with E-state index in [0.717, 1.165) is 44.9 Å². The van der Waals surface area contributed by atoms with Crippen molar-refractivity contribution in [3.05, 3.63) is 58.7 Å². The quantitative estimate of drug-likeness (QED) is 0.817. The number of likely N-dealkylation sites (N-methyl/N-ethyl adjacent to an activating group) is 1. The van der Waals surface area contributed by atoms with Crippen LogP contribution in [0.5, 0.6) is 5.75 Å². The first-order chi connectivity index (χ1) is 13.2. The van der Waals surface area contributed by atoms with Crippen LogP contribution in [0.1, 0.15) is 41.0 Å². The summed E-state index contributed by atoms with van der Waals surface area (Å²) >= 11 is 0. The van der Waals surface area contributed by atoms with Crippen LogP contribution in [-0.2, 0) is 19.4 Å². The first kappa shape index (κ1) is 18.3. The van der Waals surface area contributed by atoms with E-state index < -0.39 is 0 Å². The second-order valence-electron chi connectivity index (χ2n) is 7.90. The lowest BCUT2D eigenvalue weighted by Gasteiger charge is -2.30. The molecule has 1 atom stereocenters. The summed E-state index contributed by atoms with van der Waals surface area (Å²) in [5.41, 5.74) is 7.02. The first-order valence-electron chi connectivity index (χ1n) is 10.2. The highest BCUT2D eigenvalue weighted by molar-refractivity contribution is 5.54. The van der Waals surface area contributed by atoms with Gasteiger partial charge in [0.05, 0.1) is 13.8 Å². The number of fused-ring (bicyclic) bond motifs is 2. The van der Waals surface area contributed by atoms with Crippen LogP contribution >= 0.6 is 0 Å². The monoisotopic (exact) mass is 365 g/mol. The molecule has 1 heterocycles. The fourth-order valence-electron chi connectivity index (χ4n) is 4.56. The molecule has 4 heteroatoms. The minimum Gasteiger partial charge on any atom is -0.496 e. The van der Waals surface area contributed by atoms with Crippen molar-refractivity contribution in [2.24, 2.45) is 0 Å². The number of benzene rings is 2. The van der Waals surface area contributed by atoms with Gasteiger partial charge in [-0.3, -0.25) is 5.32 Å². The predicted molar refractivity (Wildman–Crippen MR) is 112 cm³/mol. The number of hydrogen-bond acceptors (Lipinski definition) is 4. The molecule has 0 spiro atoms. The van der Waals surface area contributed by atoms with E-state index in [0.29, 0.717) is 5.92 Å². The van der Waals surface area contributed by atoms with Gasteiger partial charge in [0.1, 0.15) is 5.75 Å². The Morgan fingerprint density at radius 3 is 3.04 bits per heavy atom. The lowest BCUT2D eigenvalue weighted by atomic mass is 9.82. The third-order valence-electron chi connectivity index (χ3n) is 6.01. The second-order valence-corrected chi connectivity index (χ2v) is 7.90. The minimum absolute atomic E-state index is 0.616. The van der Waals surface area contributed by atoms with E-state index in [-0.39, 0.29) is 0 Å². The number of nitrogens with zero attached hydrogens (tertiary/aromatic N) is 1. The maximum absolute atomic E-state index is 5.59. The molecule has 0 saturated heterocycles. The molecule has 0 amide bonds. The van der Waals surface area contributed by atoms with Crippen molar-refractivity contribution >= 4 is 5.69 Å². The smallest absolute Gasteiger partial charge is 0.122 e. The molecular weight excluding hydrogens is 334 g/mol. The molecule has 1 aliphatic heterocycles. The molecule has 0 saturated carbocycles. The van der Waals surface area contributed by atoms with Crippen molar-refractivity contribution in [1.82, 2.24) is 10.2 Å². The fourth-order valence-corrected chi connectivity index (χ4v) is 4.56. The Bertz CT molecular complexity index is 789. The van der Waals surface area contributed by atoms with E-state index in [1.54, 1.807) is 7.11 Å². The molecule has 144 valence electrons. The zero-order valence-electron chi connectivity index (χ0n) is 16.6. The number of methoxy groups -OCH3 is 1. The Kier molecular flexibility index (Phi) is 5.65. The molecule has 0 radical (unpaired) electrons. The van der Waals surface area contributed by atoms with E-state index >= 15 is 0 Å². The van der Waals surface area contributed by atoms with Gasteiger partial charge in [0, 0.05) is 25.3 Å². The van der Waals surface area contributed by atoms with E-state index in [2.05, 4.69) is 59.0 Å². The normalized spacial score (nSPS) is 18.6. The number of hydrogen-bond donors (Lipinski definition) is 2. The second kappa shape index (κ2) is 8.32. The van der Waals surface area contributed by atoms with Gasteiger partial charge in [-0.25, -0.2) is 0 Å². The van der Waals surface area contributed by atoms with Gasteiger partial charge in [-0.05, 0) is 73.0 Å². The van der Waals surface area contributed by atoms with Crippen LogP contribution in [0.3, 0.4) is 0 Å². The molecule has 4 nitrogen and oxygen atoms in total. The summed E-state index contributed by atoms with van der Waals surface area (Å²) in [5, 5.41) is 6.77. The highest BCUT2D eigenvalue weighted by atomic mass is 16.5.